The molecule has 0 radical (unpaired) electrons. The monoisotopic (exact) mass is 307 g/mol. The second kappa shape index (κ2) is 13.2. The minimum absolute atomic E-state index is 0.642. The Kier molecular flexibility index (Phi) is 11.7. The Hall–Kier alpha value is -0.470. The van der Waals surface area contributed by atoms with Crippen molar-refractivity contribution in [2.24, 2.45) is 5.73 Å². The summed E-state index contributed by atoms with van der Waals surface area (Å²) < 4.78 is 0. The average Bonchev–Trinajstić information content (AvgIpc) is 2.53. The van der Waals surface area contributed by atoms with Crippen LogP contribution in [0.5, 0.6) is 0 Å². The maximum absolute atomic E-state index is 5.61. The van der Waals surface area contributed by atoms with Gasteiger partial charge in [-0.3, -0.25) is 0 Å². The summed E-state index contributed by atoms with van der Waals surface area (Å²) in [5, 5.41) is 0. The molecule has 0 aliphatic heterocycles. The summed E-state index contributed by atoms with van der Waals surface area (Å²) in [7, 11) is 0. The van der Waals surface area contributed by atoms with Crippen molar-refractivity contribution >= 4 is 11.8 Å². The Bertz CT molecular complexity index is 334. The van der Waals surface area contributed by atoms with Gasteiger partial charge in [-0.05, 0) is 29.9 Å². The van der Waals surface area contributed by atoms with E-state index in [2.05, 4.69) is 31.2 Å². The molecule has 0 aromatic heterocycles. The van der Waals surface area contributed by atoms with E-state index in [9.17, 15) is 0 Å². The van der Waals surface area contributed by atoms with Gasteiger partial charge in [0.25, 0.3) is 0 Å². The maximum Gasteiger partial charge on any atom is 0.0178 e. The first-order valence-corrected chi connectivity index (χ1v) is 9.77. The summed E-state index contributed by atoms with van der Waals surface area (Å²) in [4.78, 5) is 1.38. The van der Waals surface area contributed by atoms with Crippen molar-refractivity contribution in [3.8, 4) is 0 Å². The minimum atomic E-state index is 0.642. The van der Waals surface area contributed by atoms with Gasteiger partial charge in [0.1, 0.15) is 0 Å². The third-order valence-corrected chi connectivity index (χ3v) is 5.02. The van der Waals surface area contributed by atoms with E-state index in [1.807, 2.05) is 11.8 Å². The molecule has 1 nitrogen and oxygen atoms in total. The molecule has 0 aliphatic rings. The number of thioether (sulfide) groups is 1. The quantitative estimate of drug-likeness (QED) is 0.349. The number of hydrogen-bond acceptors (Lipinski definition) is 2. The summed E-state index contributed by atoms with van der Waals surface area (Å²) in [6.45, 7) is 2.92. The lowest BCUT2D eigenvalue weighted by atomic mass is 10.1. The molecule has 0 heterocycles. The van der Waals surface area contributed by atoms with E-state index in [4.69, 9.17) is 5.73 Å². The molecule has 0 spiro atoms. The van der Waals surface area contributed by atoms with Crippen LogP contribution in [0.25, 0.3) is 0 Å². The fraction of sp³-hybridized carbons (Fsp3) is 0.684. The predicted molar refractivity (Wildman–Crippen MR) is 96.9 cm³/mol. The zero-order valence-electron chi connectivity index (χ0n) is 13.8. The average molecular weight is 308 g/mol. The highest BCUT2D eigenvalue weighted by molar-refractivity contribution is 7.99. The van der Waals surface area contributed by atoms with Crippen LogP contribution in [0.15, 0.2) is 29.2 Å². The van der Waals surface area contributed by atoms with Crippen molar-refractivity contribution in [1.82, 2.24) is 0 Å². The van der Waals surface area contributed by atoms with Crippen molar-refractivity contribution in [1.29, 1.82) is 0 Å². The Morgan fingerprint density at radius 3 is 1.81 bits per heavy atom. The van der Waals surface area contributed by atoms with Crippen molar-refractivity contribution < 1.29 is 0 Å². The second-order valence-corrected chi connectivity index (χ2v) is 7.05. The van der Waals surface area contributed by atoms with Gasteiger partial charge in [-0.25, -0.2) is 0 Å². The van der Waals surface area contributed by atoms with Gasteiger partial charge in [0.2, 0.25) is 0 Å². The number of rotatable bonds is 13. The summed E-state index contributed by atoms with van der Waals surface area (Å²) in [5.74, 6) is 1.25. The van der Waals surface area contributed by atoms with Crippen LogP contribution in [-0.4, -0.2) is 5.75 Å². The Morgan fingerprint density at radius 2 is 1.29 bits per heavy atom. The van der Waals surface area contributed by atoms with Crippen molar-refractivity contribution in [2.75, 3.05) is 5.75 Å². The highest BCUT2D eigenvalue weighted by Gasteiger charge is 1.96. The van der Waals surface area contributed by atoms with E-state index >= 15 is 0 Å². The van der Waals surface area contributed by atoms with Gasteiger partial charge < -0.3 is 5.73 Å². The number of unbranched alkanes of at least 4 members (excludes halogenated alkanes) is 9. The van der Waals surface area contributed by atoms with E-state index in [0.29, 0.717) is 6.54 Å². The van der Waals surface area contributed by atoms with Gasteiger partial charge in [0, 0.05) is 11.4 Å². The molecule has 0 saturated heterocycles. The molecule has 2 heteroatoms. The Morgan fingerprint density at radius 1 is 0.762 bits per heavy atom. The fourth-order valence-electron chi connectivity index (χ4n) is 2.50. The fourth-order valence-corrected chi connectivity index (χ4v) is 3.41. The minimum Gasteiger partial charge on any atom is -0.326 e. The number of nitrogens with two attached hydrogens (primary N) is 1. The van der Waals surface area contributed by atoms with Crippen LogP contribution in [0.3, 0.4) is 0 Å². The number of hydrogen-bond donors (Lipinski definition) is 1. The summed E-state index contributed by atoms with van der Waals surface area (Å²) >= 11 is 1.98. The largest absolute Gasteiger partial charge is 0.326 e. The van der Waals surface area contributed by atoms with Gasteiger partial charge in [0.05, 0.1) is 0 Å². The van der Waals surface area contributed by atoms with Crippen LogP contribution in [0.1, 0.15) is 76.7 Å². The molecule has 0 unspecified atom stereocenters. The highest BCUT2D eigenvalue weighted by Crippen LogP contribution is 2.20. The van der Waals surface area contributed by atoms with Crippen molar-refractivity contribution in [3.05, 3.63) is 29.8 Å². The third kappa shape index (κ3) is 9.97. The second-order valence-electron chi connectivity index (χ2n) is 5.88. The molecule has 0 saturated carbocycles. The molecule has 1 aromatic rings. The summed E-state index contributed by atoms with van der Waals surface area (Å²) in [6.07, 6.45) is 14.1. The normalized spacial score (nSPS) is 11.0. The topological polar surface area (TPSA) is 26.0 Å². The van der Waals surface area contributed by atoms with Crippen LogP contribution in [0.2, 0.25) is 0 Å². The van der Waals surface area contributed by atoms with Crippen molar-refractivity contribution in [3.63, 3.8) is 0 Å². The van der Waals surface area contributed by atoms with Crippen LogP contribution in [0.4, 0.5) is 0 Å². The molecule has 0 bridgehead atoms. The zero-order valence-corrected chi connectivity index (χ0v) is 14.6. The molecule has 0 aliphatic carbocycles. The summed E-state index contributed by atoms with van der Waals surface area (Å²) in [5.41, 5.74) is 6.83. The molecular weight excluding hydrogens is 274 g/mol. The first-order chi connectivity index (χ1) is 10.4. The zero-order chi connectivity index (χ0) is 15.2. The predicted octanol–water partition coefficient (Wildman–Crippen LogP) is 6.16. The lowest BCUT2D eigenvalue weighted by molar-refractivity contribution is 0.563. The lowest BCUT2D eigenvalue weighted by Crippen LogP contribution is -1.95. The van der Waals surface area contributed by atoms with Crippen LogP contribution in [0, 0.1) is 0 Å². The van der Waals surface area contributed by atoms with Gasteiger partial charge in [-0.15, -0.1) is 11.8 Å². The molecule has 21 heavy (non-hydrogen) atoms. The molecular formula is C19H33NS. The highest BCUT2D eigenvalue weighted by atomic mass is 32.2. The van der Waals surface area contributed by atoms with E-state index in [1.165, 1.54) is 80.4 Å². The van der Waals surface area contributed by atoms with Crippen molar-refractivity contribution in [2.45, 2.75) is 82.6 Å². The molecule has 2 N–H and O–H groups in total. The SMILES string of the molecule is CCCCCCCCCCCCSc1ccc(CN)cc1. The van der Waals surface area contributed by atoms with Gasteiger partial charge in [-0.2, -0.15) is 0 Å². The van der Waals surface area contributed by atoms with E-state index < -0.39 is 0 Å². The Balaban J connectivity index is 1.88. The van der Waals surface area contributed by atoms with Gasteiger partial charge in [0.15, 0.2) is 0 Å². The first-order valence-electron chi connectivity index (χ1n) is 8.78. The van der Waals surface area contributed by atoms with Gasteiger partial charge >= 0.3 is 0 Å². The van der Waals surface area contributed by atoms with Crippen LogP contribution >= 0.6 is 11.8 Å². The number of benzene rings is 1. The summed E-state index contributed by atoms with van der Waals surface area (Å²) in [6, 6.07) is 8.67. The first kappa shape index (κ1) is 18.6. The van der Waals surface area contributed by atoms with Gasteiger partial charge in [-0.1, -0.05) is 76.8 Å². The Labute approximate surface area is 136 Å². The molecule has 0 fully saturated rings. The van der Waals surface area contributed by atoms with Crippen LogP contribution in [-0.2, 0) is 6.54 Å². The molecule has 1 rings (SSSR count). The van der Waals surface area contributed by atoms with E-state index in [1.54, 1.807) is 0 Å². The molecule has 120 valence electrons. The third-order valence-electron chi connectivity index (χ3n) is 3.93. The maximum atomic E-state index is 5.61. The molecule has 1 aromatic carbocycles. The van der Waals surface area contributed by atoms with E-state index in [-0.39, 0.29) is 0 Å². The van der Waals surface area contributed by atoms with Crippen LogP contribution < -0.4 is 5.73 Å². The lowest BCUT2D eigenvalue weighted by Gasteiger charge is -2.04. The van der Waals surface area contributed by atoms with E-state index in [0.717, 1.165) is 0 Å². The molecule has 0 atom stereocenters. The smallest absolute Gasteiger partial charge is 0.0178 e. The molecule has 0 amide bonds. The standard InChI is InChI=1S/C19H33NS/c1-2-3-4-5-6-7-8-9-10-11-16-21-19-14-12-18(17-20)13-15-19/h12-15H,2-11,16-17,20H2,1H3.